The Morgan fingerprint density at radius 1 is 1.10 bits per heavy atom. The average Bonchev–Trinajstić information content (AvgIpc) is 3.24. The Bertz CT molecular complexity index is 864. The molecule has 0 radical (unpaired) electrons. The van der Waals surface area contributed by atoms with Gasteiger partial charge in [-0.3, -0.25) is 14.7 Å². The summed E-state index contributed by atoms with van der Waals surface area (Å²) >= 11 is 0. The van der Waals surface area contributed by atoms with Crippen molar-refractivity contribution in [3.8, 4) is 16.9 Å². The minimum Gasteiger partial charge on any atom is -0.379 e. The van der Waals surface area contributed by atoms with Gasteiger partial charge in [0.1, 0.15) is 0 Å². The molecule has 1 fully saturated rings. The van der Waals surface area contributed by atoms with E-state index in [1.807, 2.05) is 48.5 Å². The normalized spacial score (nSPS) is 14.6. The van der Waals surface area contributed by atoms with Crippen molar-refractivity contribution in [2.75, 3.05) is 39.4 Å². The smallest absolute Gasteiger partial charge is 0.271 e. The highest BCUT2D eigenvalue weighted by atomic mass is 16.5. The fraction of sp³-hybridized carbons (Fsp3) is 0.318. The van der Waals surface area contributed by atoms with Crippen LogP contribution in [0.15, 0.2) is 60.9 Å². The number of carbonyl (C=O) groups is 1. The molecule has 0 atom stereocenters. The maximum absolute atomic E-state index is 12.7. The van der Waals surface area contributed by atoms with Crippen molar-refractivity contribution in [2.24, 2.45) is 0 Å². The molecule has 1 aliphatic heterocycles. The van der Waals surface area contributed by atoms with E-state index in [2.05, 4.69) is 20.3 Å². The topological polar surface area (TPSA) is 72.3 Å². The Kier molecular flexibility index (Phi) is 6.29. The van der Waals surface area contributed by atoms with Crippen molar-refractivity contribution in [3.63, 3.8) is 0 Å². The molecule has 1 aromatic carbocycles. The van der Waals surface area contributed by atoms with Gasteiger partial charge in [-0.1, -0.05) is 18.2 Å². The monoisotopic (exact) mass is 391 g/mol. The summed E-state index contributed by atoms with van der Waals surface area (Å²) in [5.41, 5.74) is 3.05. The Labute approximate surface area is 170 Å². The zero-order chi connectivity index (χ0) is 19.9. The number of rotatable bonds is 7. The number of carbonyl (C=O) groups excluding carboxylic acids is 1. The molecule has 1 saturated heterocycles. The largest absolute Gasteiger partial charge is 0.379 e. The van der Waals surface area contributed by atoms with Crippen molar-refractivity contribution < 1.29 is 9.53 Å². The molecule has 1 aliphatic rings. The highest BCUT2D eigenvalue weighted by Crippen LogP contribution is 2.23. The van der Waals surface area contributed by atoms with Crippen molar-refractivity contribution >= 4 is 5.91 Å². The number of hydrogen-bond acceptors (Lipinski definition) is 5. The molecule has 2 aromatic heterocycles. The van der Waals surface area contributed by atoms with E-state index in [0.717, 1.165) is 56.2 Å². The van der Waals surface area contributed by atoms with Crippen LogP contribution in [0, 0.1) is 0 Å². The standard InChI is InChI=1S/C22H25N5O2/c28-22(24-10-5-11-26-12-14-29-15-13-26)20-16-21(18-6-4-9-23-17-18)27(25-20)19-7-2-1-3-8-19/h1-4,6-9,16-17H,5,10-15H2,(H,24,28). The molecule has 3 aromatic rings. The van der Waals surface area contributed by atoms with E-state index < -0.39 is 0 Å². The summed E-state index contributed by atoms with van der Waals surface area (Å²) < 4.78 is 7.15. The molecule has 0 bridgehead atoms. The molecule has 1 N–H and O–H groups in total. The average molecular weight is 391 g/mol. The van der Waals surface area contributed by atoms with Gasteiger partial charge in [-0.15, -0.1) is 0 Å². The molecule has 7 nitrogen and oxygen atoms in total. The van der Waals surface area contributed by atoms with Crippen LogP contribution < -0.4 is 5.32 Å². The first-order chi connectivity index (χ1) is 14.3. The van der Waals surface area contributed by atoms with E-state index in [1.165, 1.54) is 0 Å². The van der Waals surface area contributed by atoms with E-state index in [9.17, 15) is 4.79 Å². The van der Waals surface area contributed by atoms with Gasteiger partial charge in [0.05, 0.1) is 24.6 Å². The van der Waals surface area contributed by atoms with Crippen LogP contribution in [0.4, 0.5) is 0 Å². The molecule has 0 aliphatic carbocycles. The van der Waals surface area contributed by atoms with Gasteiger partial charge in [0.15, 0.2) is 5.69 Å². The first kappa shape index (κ1) is 19.3. The van der Waals surface area contributed by atoms with E-state index >= 15 is 0 Å². The summed E-state index contributed by atoms with van der Waals surface area (Å²) in [5, 5.41) is 7.57. The third-order valence-electron chi connectivity index (χ3n) is 4.94. The van der Waals surface area contributed by atoms with Crippen LogP contribution in [0.3, 0.4) is 0 Å². The Morgan fingerprint density at radius 3 is 2.69 bits per heavy atom. The number of hydrogen-bond donors (Lipinski definition) is 1. The summed E-state index contributed by atoms with van der Waals surface area (Å²) in [6, 6.07) is 15.5. The molecule has 4 rings (SSSR count). The fourth-order valence-corrected chi connectivity index (χ4v) is 3.40. The van der Waals surface area contributed by atoms with Crippen molar-refractivity contribution in [1.29, 1.82) is 0 Å². The molecule has 0 spiro atoms. The molecule has 150 valence electrons. The summed E-state index contributed by atoms with van der Waals surface area (Å²) in [4.78, 5) is 19.2. The third-order valence-corrected chi connectivity index (χ3v) is 4.94. The van der Waals surface area contributed by atoms with Crippen molar-refractivity contribution in [2.45, 2.75) is 6.42 Å². The van der Waals surface area contributed by atoms with Crippen LogP contribution in [-0.4, -0.2) is 65.0 Å². The SMILES string of the molecule is O=C(NCCCN1CCOCC1)c1cc(-c2cccnc2)n(-c2ccccc2)n1. The van der Waals surface area contributed by atoms with Crippen LogP contribution in [0.25, 0.3) is 16.9 Å². The van der Waals surface area contributed by atoms with Gasteiger partial charge < -0.3 is 10.1 Å². The summed E-state index contributed by atoms with van der Waals surface area (Å²) in [6.07, 6.45) is 4.41. The molecule has 0 unspecified atom stereocenters. The predicted molar refractivity (Wildman–Crippen MR) is 111 cm³/mol. The summed E-state index contributed by atoms with van der Waals surface area (Å²) in [7, 11) is 0. The summed E-state index contributed by atoms with van der Waals surface area (Å²) in [5.74, 6) is -0.160. The number of amides is 1. The van der Waals surface area contributed by atoms with Crippen LogP contribution in [0.1, 0.15) is 16.9 Å². The Morgan fingerprint density at radius 2 is 1.93 bits per heavy atom. The first-order valence-electron chi connectivity index (χ1n) is 9.95. The van der Waals surface area contributed by atoms with E-state index in [0.29, 0.717) is 12.2 Å². The van der Waals surface area contributed by atoms with Gasteiger partial charge in [-0.05, 0) is 43.3 Å². The second kappa shape index (κ2) is 9.45. The molecule has 7 heteroatoms. The van der Waals surface area contributed by atoms with Crippen LogP contribution in [0.5, 0.6) is 0 Å². The number of nitrogens with one attached hydrogen (secondary N) is 1. The van der Waals surface area contributed by atoms with Gasteiger partial charge in [0.25, 0.3) is 5.91 Å². The van der Waals surface area contributed by atoms with E-state index in [4.69, 9.17) is 4.74 Å². The second-order valence-electron chi connectivity index (χ2n) is 6.97. The molecule has 3 heterocycles. The van der Waals surface area contributed by atoms with Gasteiger partial charge in [-0.25, -0.2) is 4.68 Å². The highest BCUT2D eigenvalue weighted by Gasteiger charge is 2.17. The van der Waals surface area contributed by atoms with Gasteiger partial charge in [0, 0.05) is 37.6 Å². The van der Waals surface area contributed by atoms with E-state index in [1.54, 1.807) is 17.1 Å². The van der Waals surface area contributed by atoms with E-state index in [-0.39, 0.29) is 5.91 Å². The third kappa shape index (κ3) is 4.88. The lowest BCUT2D eigenvalue weighted by molar-refractivity contribution is 0.0374. The summed E-state index contributed by atoms with van der Waals surface area (Å²) in [6.45, 7) is 5.09. The Balaban J connectivity index is 1.45. The maximum Gasteiger partial charge on any atom is 0.271 e. The van der Waals surface area contributed by atoms with Crippen molar-refractivity contribution in [3.05, 3.63) is 66.6 Å². The fourth-order valence-electron chi connectivity index (χ4n) is 3.40. The minimum atomic E-state index is -0.160. The van der Waals surface area contributed by atoms with Crippen LogP contribution >= 0.6 is 0 Å². The number of nitrogens with zero attached hydrogens (tertiary/aromatic N) is 4. The number of ether oxygens (including phenoxy) is 1. The zero-order valence-electron chi connectivity index (χ0n) is 16.3. The quantitative estimate of drug-likeness (QED) is 0.626. The van der Waals surface area contributed by atoms with Gasteiger partial charge in [-0.2, -0.15) is 5.10 Å². The molecule has 29 heavy (non-hydrogen) atoms. The second-order valence-corrected chi connectivity index (χ2v) is 6.97. The lowest BCUT2D eigenvalue weighted by Gasteiger charge is -2.26. The number of para-hydroxylation sites is 1. The van der Waals surface area contributed by atoms with Crippen molar-refractivity contribution in [1.82, 2.24) is 25.0 Å². The number of pyridine rings is 1. The number of morpholine rings is 1. The lowest BCUT2D eigenvalue weighted by Crippen LogP contribution is -2.38. The predicted octanol–water partition coefficient (Wildman–Crippen LogP) is 2.39. The molecule has 1 amide bonds. The number of aromatic nitrogens is 3. The lowest BCUT2D eigenvalue weighted by atomic mass is 10.2. The van der Waals surface area contributed by atoms with Crippen LogP contribution in [-0.2, 0) is 4.74 Å². The van der Waals surface area contributed by atoms with Gasteiger partial charge in [0.2, 0.25) is 0 Å². The molecular formula is C22H25N5O2. The Hall–Kier alpha value is -3.03. The number of benzene rings is 1. The highest BCUT2D eigenvalue weighted by molar-refractivity contribution is 5.93. The molecular weight excluding hydrogens is 366 g/mol. The van der Waals surface area contributed by atoms with Crippen LogP contribution in [0.2, 0.25) is 0 Å². The maximum atomic E-state index is 12.7. The first-order valence-corrected chi connectivity index (χ1v) is 9.95. The molecule has 0 saturated carbocycles. The minimum absolute atomic E-state index is 0.160. The zero-order valence-corrected chi connectivity index (χ0v) is 16.3. The van der Waals surface area contributed by atoms with Gasteiger partial charge >= 0.3 is 0 Å².